The maximum Gasteiger partial charge on any atom is 0.239 e. The van der Waals surface area contributed by atoms with E-state index in [4.69, 9.17) is 37.6 Å². The normalized spacial score (nSPS) is 37.2. The van der Waals surface area contributed by atoms with E-state index in [1.54, 1.807) is 0 Å². The van der Waals surface area contributed by atoms with Crippen molar-refractivity contribution in [3.8, 4) is 40.1 Å². The molecular formula is C34H42O20. The molecule has 20 nitrogen and oxygen atoms in total. The second-order valence-corrected chi connectivity index (χ2v) is 13.2. The van der Waals surface area contributed by atoms with Crippen LogP contribution in [0.2, 0.25) is 0 Å². The molecule has 7 unspecified atom stereocenters. The molecule has 298 valence electrons. The standard InChI is InChI=1S/C34H42O20/c1-10-20(37)24(41)27(44)32(49-10)48-9-18-22(39)26(43)29(46)34(53-18)54-31-23(40)19-14(36)7-13(35)8-17(19)51-30(31)12-4-5-15(16(6-12)47-3)52-33-28(45)25(42)21(38)11(2)50-33/h4-8,10-11,18,20-22,24-29,32-39,41-46H,9H2,1-3H3/t10?,11?,18?,20-,21-,22+,24-,25?,26?,27?,28-,29?,32+,33-,34-/m0/s1. The van der Waals surface area contributed by atoms with Crippen LogP contribution in [0.1, 0.15) is 13.8 Å². The first-order chi connectivity index (χ1) is 25.5. The molecule has 54 heavy (non-hydrogen) atoms. The predicted molar refractivity (Wildman–Crippen MR) is 176 cm³/mol. The topological polar surface area (TPSA) is 317 Å². The molecule has 20 heteroatoms. The zero-order valence-corrected chi connectivity index (χ0v) is 28.8. The van der Waals surface area contributed by atoms with E-state index in [-0.39, 0.29) is 28.4 Å². The Bertz CT molecular complexity index is 1850. The maximum absolute atomic E-state index is 14.0. The highest BCUT2D eigenvalue weighted by molar-refractivity contribution is 5.88. The van der Waals surface area contributed by atoms with Crippen molar-refractivity contribution in [2.45, 2.75) is 106 Å². The van der Waals surface area contributed by atoms with Crippen LogP contribution in [0.4, 0.5) is 0 Å². The molecule has 3 aromatic rings. The summed E-state index contributed by atoms with van der Waals surface area (Å²) in [6, 6.07) is 5.87. The van der Waals surface area contributed by atoms with Gasteiger partial charge in [0.05, 0.1) is 25.9 Å². The van der Waals surface area contributed by atoms with Crippen LogP contribution in [0.3, 0.4) is 0 Å². The van der Waals surface area contributed by atoms with Crippen molar-refractivity contribution in [3.63, 3.8) is 0 Å². The molecule has 0 radical (unpaired) electrons. The molecule has 3 aliphatic heterocycles. The molecule has 15 atom stereocenters. The highest BCUT2D eigenvalue weighted by Gasteiger charge is 2.48. The van der Waals surface area contributed by atoms with E-state index in [2.05, 4.69) is 0 Å². The number of aromatic hydroxyl groups is 2. The molecule has 3 fully saturated rings. The highest BCUT2D eigenvalue weighted by Crippen LogP contribution is 2.41. The number of hydrogen-bond donors (Lipinski definition) is 11. The van der Waals surface area contributed by atoms with Gasteiger partial charge < -0.3 is 93.7 Å². The third kappa shape index (κ3) is 7.41. The summed E-state index contributed by atoms with van der Waals surface area (Å²) in [5.41, 5.74) is -1.30. The second-order valence-electron chi connectivity index (χ2n) is 13.2. The lowest BCUT2D eigenvalue weighted by molar-refractivity contribution is -0.318. The fourth-order valence-corrected chi connectivity index (χ4v) is 6.32. The molecule has 2 aromatic carbocycles. The first-order valence-electron chi connectivity index (χ1n) is 16.8. The average molecular weight is 771 g/mol. The number of ether oxygens (including phenoxy) is 7. The molecule has 3 aliphatic rings. The zero-order chi connectivity index (χ0) is 39.3. The van der Waals surface area contributed by atoms with Gasteiger partial charge in [0.1, 0.15) is 83.5 Å². The Morgan fingerprint density at radius 3 is 1.85 bits per heavy atom. The minimum atomic E-state index is -2.01. The monoisotopic (exact) mass is 770 g/mol. The van der Waals surface area contributed by atoms with Gasteiger partial charge in [0.15, 0.2) is 23.5 Å². The molecular weight excluding hydrogens is 728 g/mol. The third-order valence-corrected chi connectivity index (χ3v) is 9.53. The summed E-state index contributed by atoms with van der Waals surface area (Å²) in [6.07, 6.45) is -23.5. The van der Waals surface area contributed by atoms with Gasteiger partial charge in [0, 0.05) is 17.7 Å². The predicted octanol–water partition coefficient (Wildman–Crippen LogP) is -2.88. The molecule has 6 rings (SSSR count). The number of aliphatic hydroxyl groups excluding tert-OH is 9. The van der Waals surface area contributed by atoms with Crippen molar-refractivity contribution in [3.05, 3.63) is 40.6 Å². The van der Waals surface area contributed by atoms with E-state index < -0.39 is 127 Å². The van der Waals surface area contributed by atoms with Crippen LogP contribution in [0, 0.1) is 0 Å². The smallest absolute Gasteiger partial charge is 0.239 e. The van der Waals surface area contributed by atoms with E-state index in [1.807, 2.05) is 0 Å². The van der Waals surface area contributed by atoms with Crippen LogP contribution >= 0.6 is 0 Å². The quantitative estimate of drug-likeness (QED) is 0.104. The highest BCUT2D eigenvalue weighted by atomic mass is 16.7. The van der Waals surface area contributed by atoms with Gasteiger partial charge in [-0.2, -0.15) is 0 Å². The van der Waals surface area contributed by atoms with Crippen LogP contribution in [-0.4, -0.2) is 162 Å². The van der Waals surface area contributed by atoms with E-state index in [0.29, 0.717) is 0 Å². The number of benzene rings is 2. The molecule has 0 saturated carbocycles. The molecule has 0 spiro atoms. The van der Waals surface area contributed by atoms with Crippen molar-refractivity contribution in [1.29, 1.82) is 0 Å². The number of hydrogen-bond acceptors (Lipinski definition) is 20. The summed E-state index contributed by atoms with van der Waals surface area (Å²) in [7, 11) is 1.26. The van der Waals surface area contributed by atoms with Gasteiger partial charge in [-0.15, -0.1) is 0 Å². The van der Waals surface area contributed by atoms with Crippen LogP contribution in [0.25, 0.3) is 22.3 Å². The lowest BCUT2D eigenvalue weighted by Crippen LogP contribution is -2.61. The van der Waals surface area contributed by atoms with Gasteiger partial charge in [-0.25, -0.2) is 0 Å². The molecule has 1 aromatic heterocycles. The van der Waals surface area contributed by atoms with Crippen LogP contribution < -0.4 is 19.6 Å². The number of rotatable bonds is 9. The van der Waals surface area contributed by atoms with Crippen molar-refractivity contribution in [2.75, 3.05) is 13.7 Å². The molecule has 0 bridgehead atoms. The number of aliphatic hydroxyl groups is 9. The molecule has 3 saturated heterocycles. The Labute approximate surface area is 305 Å². The lowest BCUT2D eigenvalue weighted by Gasteiger charge is -2.42. The number of phenolic OH excluding ortho intramolecular Hbond substituents is 2. The maximum atomic E-state index is 14.0. The Hall–Kier alpha value is -3.87. The zero-order valence-electron chi connectivity index (χ0n) is 28.8. The first kappa shape index (κ1) is 39.8. The van der Waals surface area contributed by atoms with Gasteiger partial charge in [-0.05, 0) is 32.0 Å². The minimum Gasteiger partial charge on any atom is -0.508 e. The van der Waals surface area contributed by atoms with Gasteiger partial charge in [-0.1, -0.05) is 0 Å². The molecule has 4 heterocycles. The largest absolute Gasteiger partial charge is 0.508 e. The Morgan fingerprint density at radius 1 is 0.648 bits per heavy atom. The van der Waals surface area contributed by atoms with Crippen LogP contribution in [0.15, 0.2) is 39.5 Å². The van der Waals surface area contributed by atoms with Crippen molar-refractivity contribution in [2.24, 2.45) is 0 Å². The minimum absolute atomic E-state index is 0.0311. The van der Waals surface area contributed by atoms with Crippen LogP contribution in [-0.2, 0) is 18.9 Å². The van der Waals surface area contributed by atoms with Crippen molar-refractivity contribution >= 4 is 11.0 Å². The van der Waals surface area contributed by atoms with Gasteiger partial charge in [0.2, 0.25) is 23.8 Å². The summed E-state index contributed by atoms with van der Waals surface area (Å²) < 4.78 is 45.1. The number of phenols is 2. The molecule has 0 amide bonds. The fraction of sp³-hybridized carbons (Fsp3) is 0.559. The van der Waals surface area contributed by atoms with Crippen LogP contribution in [0.5, 0.6) is 28.7 Å². The van der Waals surface area contributed by atoms with E-state index in [1.165, 1.54) is 39.2 Å². The van der Waals surface area contributed by atoms with Gasteiger partial charge in [0.25, 0.3) is 0 Å². The van der Waals surface area contributed by atoms with E-state index >= 15 is 0 Å². The van der Waals surface area contributed by atoms with Gasteiger partial charge in [-0.3, -0.25) is 4.79 Å². The van der Waals surface area contributed by atoms with Crippen molar-refractivity contribution in [1.82, 2.24) is 0 Å². The number of fused-ring (bicyclic) bond motifs is 1. The Morgan fingerprint density at radius 2 is 1.22 bits per heavy atom. The second kappa shape index (κ2) is 15.7. The summed E-state index contributed by atoms with van der Waals surface area (Å²) in [6.45, 7) is 2.25. The fourth-order valence-electron chi connectivity index (χ4n) is 6.32. The summed E-state index contributed by atoms with van der Waals surface area (Å²) >= 11 is 0. The molecule has 11 N–H and O–H groups in total. The Kier molecular flexibility index (Phi) is 11.6. The van der Waals surface area contributed by atoms with E-state index in [9.17, 15) is 61.0 Å². The average Bonchev–Trinajstić information content (AvgIpc) is 3.14. The van der Waals surface area contributed by atoms with Crippen molar-refractivity contribution < 1.29 is 93.7 Å². The lowest BCUT2D eigenvalue weighted by atomic mass is 9.98. The summed E-state index contributed by atoms with van der Waals surface area (Å²) in [4.78, 5) is 14.0. The molecule has 0 aliphatic carbocycles. The van der Waals surface area contributed by atoms with Gasteiger partial charge >= 0.3 is 0 Å². The SMILES string of the molecule is COc1cc(-c2oc3cc(O)cc(O)c3c(=O)c2O[C@@H]2OC(CO[C@@H]3OC(C)[C@H](O)[C@H](O)C3O)[C@@H](O)C(O)C2O)ccc1O[C@@H]1OC(C)[C@H](O)C(O)[C@@H]1O. The summed E-state index contributed by atoms with van der Waals surface area (Å²) in [5, 5.41) is 114. The Balaban J connectivity index is 1.33. The summed E-state index contributed by atoms with van der Waals surface area (Å²) in [5.74, 6) is -2.31. The number of methoxy groups -OCH3 is 1. The first-order valence-corrected chi connectivity index (χ1v) is 16.8. The van der Waals surface area contributed by atoms with E-state index in [0.717, 1.165) is 12.1 Å². The third-order valence-electron chi connectivity index (χ3n) is 9.53.